The Morgan fingerprint density at radius 2 is 1.54 bits per heavy atom. The second kappa shape index (κ2) is 11.7. The first kappa shape index (κ1) is 28.9. The lowest BCUT2D eigenvalue weighted by atomic mass is 9.99. The van der Waals surface area contributed by atoms with Crippen LogP contribution in [-0.2, 0) is 38.1 Å². The van der Waals surface area contributed by atoms with Gasteiger partial charge in [0.15, 0.2) is 0 Å². The number of rotatable bonds is 8. The highest BCUT2D eigenvalue weighted by Gasteiger charge is 2.52. The smallest absolute Gasteiger partial charge is 0.338 e. The Bertz CT molecular complexity index is 1400. The van der Waals surface area contributed by atoms with Crippen LogP contribution in [0, 0.1) is 0 Å². The summed E-state index contributed by atoms with van der Waals surface area (Å²) in [4.78, 5) is 36.6. The maximum atomic E-state index is 12.8. The van der Waals surface area contributed by atoms with Crippen LogP contribution >= 0.6 is 0 Å². The number of amides is 2. The van der Waals surface area contributed by atoms with Crippen molar-refractivity contribution in [1.82, 2.24) is 10.6 Å². The van der Waals surface area contributed by atoms with Crippen molar-refractivity contribution in [1.29, 1.82) is 0 Å². The first-order valence-electron chi connectivity index (χ1n) is 14.2. The van der Waals surface area contributed by atoms with Crippen LogP contribution in [0.4, 0.5) is 0 Å². The summed E-state index contributed by atoms with van der Waals surface area (Å²) >= 11 is 0. The van der Waals surface area contributed by atoms with Crippen molar-refractivity contribution in [3.05, 3.63) is 95.1 Å². The standard InChI is InChI=1S/C33H38N2O5Si/c1-33(2,3)41(26-11-7-5-8-12-26,27-13-9-6-10-14-27)40-25-18-22-17-24(28(32(38)39-4)20-23(22)19-25)21-34-29-15-16-30(36)35-31(29)37/h5-14,17,20,25,29,34H,15-16,18-19,21H2,1-4H3,(H,35,36,37). The molecule has 3 aromatic carbocycles. The summed E-state index contributed by atoms with van der Waals surface area (Å²) in [6, 6.07) is 24.7. The van der Waals surface area contributed by atoms with Gasteiger partial charge in [0.05, 0.1) is 24.8 Å². The van der Waals surface area contributed by atoms with Crippen molar-refractivity contribution in [2.24, 2.45) is 0 Å². The van der Waals surface area contributed by atoms with Gasteiger partial charge in [-0.3, -0.25) is 14.9 Å². The Labute approximate surface area is 242 Å². The van der Waals surface area contributed by atoms with Crippen LogP contribution in [0.25, 0.3) is 0 Å². The van der Waals surface area contributed by atoms with Gasteiger partial charge in [-0.15, -0.1) is 0 Å². The Morgan fingerprint density at radius 3 is 2.07 bits per heavy atom. The molecular formula is C33H38N2O5Si. The van der Waals surface area contributed by atoms with Crippen LogP contribution < -0.4 is 21.0 Å². The normalized spacial score (nSPS) is 19.0. The van der Waals surface area contributed by atoms with E-state index in [0.29, 0.717) is 31.4 Å². The van der Waals surface area contributed by atoms with Crippen LogP contribution in [-0.4, -0.2) is 45.4 Å². The number of carbonyl (C=O) groups is 3. The van der Waals surface area contributed by atoms with Gasteiger partial charge in [-0.05, 0) is 57.4 Å². The number of nitrogens with one attached hydrogen (secondary N) is 2. The van der Waals surface area contributed by atoms with Gasteiger partial charge in [0, 0.05) is 13.0 Å². The number of hydrogen-bond donors (Lipinski definition) is 2. The van der Waals surface area contributed by atoms with Crippen molar-refractivity contribution >= 4 is 36.5 Å². The molecule has 0 bridgehead atoms. The number of imide groups is 1. The molecule has 0 saturated carbocycles. The first-order chi connectivity index (χ1) is 19.6. The molecule has 2 N–H and O–H groups in total. The zero-order valence-corrected chi connectivity index (χ0v) is 25.2. The van der Waals surface area contributed by atoms with Gasteiger partial charge in [0.2, 0.25) is 11.8 Å². The number of methoxy groups -OCH3 is 1. The molecule has 1 fully saturated rings. The van der Waals surface area contributed by atoms with Gasteiger partial charge in [-0.25, -0.2) is 4.79 Å². The number of benzene rings is 3. The lowest BCUT2D eigenvalue weighted by molar-refractivity contribution is -0.134. The molecule has 2 unspecified atom stereocenters. The van der Waals surface area contributed by atoms with Crippen molar-refractivity contribution < 1.29 is 23.5 Å². The second-order valence-electron chi connectivity index (χ2n) is 12.0. The average molecular weight is 571 g/mol. The van der Waals surface area contributed by atoms with Gasteiger partial charge in [0.1, 0.15) is 0 Å². The predicted molar refractivity (Wildman–Crippen MR) is 161 cm³/mol. The minimum Gasteiger partial charge on any atom is -0.465 e. The molecule has 7 nitrogen and oxygen atoms in total. The van der Waals surface area contributed by atoms with Crippen LogP contribution in [0.1, 0.15) is 60.7 Å². The Hall–Kier alpha value is -3.59. The van der Waals surface area contributed by atoms with Gasteiger partial charge in [-0.2, -0.15) is 0 Å². The fraction of sp³-hybridized carbons (Fsp3) is 0.364. The fourth-order valence-electron chi connectivity index (χ4n) is 6.28. The van der Waals surface area contributed by atoms with Gasteiger partial charge in [0.25, 0.3) is 8.32 Å². The van der Waals surface area contributed by atoms with Crippen molar-refractivity contribution in [2.75, 3.05) is 7.11 Å². The average Bonchev–Trinajstić information content (AvgIpc) is 3.36. The third-order valence-corrected chi connectivity index (χ3v) is 13.4. The zero-order chi connectivity index (χ0) is 29.2. The van der Waals surface area contributed by atoms with E-state index < -0.39 is 20.3 Å². The molecule has 2 atom stereocenters. The molecule has 8 heteroatoms. The number of ether oxygens (including phenoxy) is 1. The van der Waals surface area contributed by atoms with Gasteiger partial charge < -0.3 is 14.5 Å². The highest BCUT2D eigenvalue weighted by atomic mass is 28.4. The van der Waals surface area contributed by atoms with Gasteiger partial charge >= 0.3 is 5.97 Å². The molecule has 1 saturated heterocycles. The van der Waals surface area contributed by atoms with Crippen LogP contribution in [0.15, 0.2) is 72.8 Å². The fourth-order valence-corrected chi connectivity index (χ4v) is 11.0. The summed E-state index contributed by atoms with van der Waals surface area (Å²) in [7, 11) is -1.36. The summed E-state index contributed by atoms with van der Waals surface area (Å²) in [5, 5.41) is 7.94. The van der Waals surface area contributed by atoms with E-state index in [1.165, 1.54) is 17.5 Å². The van der Waals surface area contributed by atoms with Gasteiger partial charge in [-0.1, -0.05) is 87.5 Å². The molecule has 2 amide bonds. The molecular weight excluding hydrogens is 532 g/mol. The highest BCUT2D eigenvalue weighted by molar-refractivity contribution is 6.99. The molecule has 41 heavy (non-hydrogen) atoms. The maximum Gasteiger partial charge on any atom is 0.338 e. The Morgan fingerprint density at radius 1 is 0.951 bits per heavy atom. The van der Waals surface area contributed by atoms with Crippen molar-refractivity contribution in [2.45, 2.75) is 70.2 Å². The van der Waals surface area contributed by atoms with Crippen molar-refractivity contribution in [3.8, 4) is 0 Å². The second-order valence-corrected chi connectivity index (χ2v) is 16.2. The van der Waals surface area contributed by atoms with E-state index in [1.54, 1.807) is 0 Å². The largest absolute Gasteiger partial charge is 0.465 e. The molecule has 1 aliphatic heterocycles. The molecule has 0 spiro atoms. The summed E-state index contributed by atoms with van der Waals surface area (Å²) in [6.45, 7) is 7.13. The van der Waals surface area contributed by atoms with E-state index in [1.807, 2.05) is 18.2 Å². The molecule has 214 valence electrons. The predicted octanol–water partition coefficient (Wildman–Crippen LogP) is 3.41. The number of esters is 1. The Balaban J connectivity index is 1.46. The first-order valence-corrected chi connectivity index (χ1v) is 16.1. The summed E-state index contributed by atoms with van der Waals surface area (Å²) < 4.78 is 12.5. The number of fused-ring (bicyclic) bond motifs is 1. The molecule has 1 heterocycles. The van der Waals surface area contributed by atoms with E-state index in [0.717, 1.165) is 23.1 Å². The summed E-state index contributed by atoms with van der Waals surface area (Å²) in [5.74, 6) is -1.00. The monoisotopic (exact) mass is 570 g/mol. The summed E-state index contributed by atoms with van der Waals surface area (Å²) in [5.41, 5.74) is 3.47. The third-order valence-electron chi connectivity index (χ3n) is 8.26. The quantitative estimate of drug-likeness (QED) is 0.245. The third kappa shape index (κ3) is 5.77. The number of carbonyl (C=O) groups excluding carboxylic acids is 3. The van der Waals surface area contributed by atoms with Crippen molar-refractivity contribution in [3.63, 3.8) is 0 Å². The van der Waals surface area contributed by atoms with E-state index in [4.69, 9.17) is 9.16 Å². The SMILES string of the molecule is COC(=O)c1cc2c(cc1CNC1CCC(=O)NC1=O)CC(O[Si](c1ccccc1)(c1ccccc1)C(C)(C)C)C2. The topological polar surface area (TPSA) is 93.7 Å². The number of hydrogen-bond acceptors (Lipinski definition) is 6. The van der Waals surface area contributed by atoms with E-state index in [2.05, 4.69) is 86.0 Å². The summed E-state index contributed by atoms with van der Waals surface area (Å²) in [6.07, 6.45) is 2.09. The van der Waals surface area contributed by atoms with E-state index >= 15 is 0 Å². The minimum absolute atomic E-state index is 0.0554. The zero-order valence-electron chi connectivity index (χ0n) is 24.2. The number of piperidine rings is 1. The molecule has 0 aromatic heterocycles. The van der Waals surface area contributed by atoms with E-state index in [-0.39, 0.29) is 23.0 Å². The lowest BCUT2D eigenvalue weighted by Crippen LogP contribution is -2.67. The van der Waals surface area contributed by atoms with Crippen LogP contribution in [0.5, 0.6) is 0 Å². The molecule has 2 aliphatic rings. The Kier molecular flexibility index (Phi) is 8.27. The lowest BCUT2D eigenvalue weighted by Gasteiger charge is -2.44. The highest BCUT2D eigenvalue weighted by Crippen LogP contribution is 2.40. The van der Waals surface area contributed by atoms with Crippen LogP contribution in [0.2, 0.25) is 5.04 Å². The van der Waals surface area contributed by atoms with Crippen LogP contribution in [0.3, 0.4) is 0 Å². The molecule has 3 aromatic rings. The van der Waals surface area contributed by atoms with E-state index in [9.17, 15) is 14.4 Å². The minimum atomic E-state index is -2.74. The molecule has 1 aliphatic carbocycles. The molecule has 0 radical (unpaired) electrons. The maximum absolute atomic E-state index is 12.8. The molecule has 5 rings (SSSR count).